The highest BCUT2D eigenvalue weighted by molar-refractivity contribution is 4.89. The van der Waals surface area contributed by atoms with Gasteiger partial charge in [-0.3, -0.25) is 0 Å². The van der Waals surface area contributed by atoms with E-state index >= 15 is 0 Å². The first-order valence-electron chi connectivity index (χ1n) is 6.70. The van der Waals surface area contributed by atoms with Gasteiger partial charge < -0.3 is 15.2 Å². The zero-order valence-electron chi connectivity index (χ0n) is 10.5. The lowest BCUT2D eigenvalue weighted by Gasteiger charge is -2.37. The molecule has 2 fully saturated rings. The van der Waals surface area contributed by atoms with Gasteiger partial charge in [0.2, 0.25) is 0 Å². The maximum Gasteiger partial charge on any atom is 0.0948 e. The lowest BCUT2D eigenvalue weighted by molar-refractivity contribution is 0.114. The van der Waals surface area contributed by atoms with Crippen LogP contribution < -0.4 is 5.32 Å². The maximum absolute atomic E-state index is 9.76. The van der Waals surface area contributed by atoms with E-state index in [1.54, 1.807) is 0 Å². The Labute approximate surface area is 98.6 Å². The van der Waals surface area contributed by atoms with Gasteiger partial charge in [0, 0.05) is 6.04 Å². The van der Waals surface area contributed by atoms with E-state index in [2.05, 4.69) is 19.2 Å². The quantitative estimate of drug-likeness (QED) is 0.768. The highest BCUT2D eigenvalue weighted by Crippen LogP contribution is 2.30. The SMILES string of the molecule is CC(C)C1CCCCC1NC1COCC1O. The lowest BCUT2D eigenvalue weighted by Crippen LogP contribution is -2.50. The van der Waals surface area contributed by atoms with Crippen molar-refractivity contribution in [3.63, 3.8) is 0 Å². The molecule has 1 aliphatic carbocycles. The third-order valence-corrected chi connectivity index (χ3v) is 4.15. The van der Waals surface area contributed by atoms with E-state index in [-0.39, 0.29) is 12.1 Å². The molecule has 0 aromatic heterocycles. The molecule has 2 N–H and O–H groups in total. The Kier molecular flexibility index (Phi) is 4.22. The van der Waals surface area contributed by atoms with Gasteiger partial charge in [0.25, 0.3) is 0 Å². The molecule has 3 heteroatoms. The second-order valence-corrected chi connectivity index (χ2v) is 5.68. The average molecular weight is 227 g/mol. The first kappa shape index (κ1) is 12.3. The number of nitrogens with one attached hydrogen (secondary N) is 1. The second-order valence-electron chi connectivity index (χ2n) is 5.68. The highest BCUT2D eigenvalue weighted by Gasteiger charge is 2.33. The number of hydrogen-bond donors (Lipinski definition) is 2. The Hall–Kier alpha value is -0.120. The van der Waals surface area contributed by atoms with Crippen molar-refractivity contribution in [1.82, 2.24) is 5.32 Å². The Morgan fingerprint density at radius 3 is 2.50 bits per heavy atom. The van der Waals surface area contributed by atoms with Crippen LogP contribution in [0.5, 0.6) is 0 Å². The Bertz CT molecular complexity index is 220. The van der Waals surface area contributed by atoms with Gasteiger partial charge >= 0.3 is 0 Å². The van der Waals surface area contributed by atoms with Crippen LogP contribution in [0.1, 0.15) is 39.5 Å². The number of aliphatic hydroxyl groups is 1. The molecule has 0 spiro atoms. The summed E-state index contributed by atoms with van der Waals surface area (Å²) in [5.41, 5.74) is 0. The van der Waals surface area contributed by atoms with Crippen LogP contribution in [-0.2, 0) is 4.74 Å². The molecule has 94 valence electrons. The summed E-state index contributed by atoms with van der Waals surface area (Å²) < 4.78 is 5.29. The number of hydrogen-bond acceptors (Lipinski definition) is 3. The summed E-state index contributed by atoms with van der Waals surface area (Å²) in [5, 5.41) is 13.4. The predicted octanol–water partition coefficient (Wildman–Crippen LogP) is 1.55. The van der Waals surface area contributed by atoms with Crippen LogP contribution in [0.25, 0.3) is 0 Å². The van der Waals surface area contributed by atoms with E-state index in [4.69, 9.17) is 4.74 Å². The van der Waals surface area contributed by atoms with Gasteiger partial charge in [0.1, 0.15) is 0 Å². The fourth-order valence-corrected chi connectivity index (χ4v) is 3.14. The van der Waals surface area contributed by atoms with Gasteiger partial charge in [-0.05, 0) is 24.7 Å². The lowest BCUT2D eigenvalue weighted by atomic mass is 9.77. The van der Waals surface area contributed by atoms with E-state index in [0.29, 0.717) is 19.3 Å². The monoisotopic (exact) mass is 227 g/mol. The Morgan fingerprint density at radius 2 is 1.88 bits per heavy atom. The minimum atomic E-state index is -0.310. The topological polar surface area (TPSA) is 41.5 Å². The number of rotatable bonds is 3. The number of aliphatic hydroxyl groups excluding tert-OH is 1. The molecule has 1 aliphatic heterocycles. The molecule has 0 aromatic rings. The van der Waals surface area contributed by atoms with Gasteiger partial charge in [0.05, 0.1) is 25.4 Å². The van der Waals surface area contributed by atoms with Gasteiger partial charge in [0.15, 0.2) is 0 Å². The second kappa shape index (κ2) is 5.48. The molecule has 0 amide bonds. The summed E-state index contributed by atoms with van der Waals surface area (Å²) in [6.45, 7) is 5.79. The van der Waals surface area contributed by atoms with Gasteiger partial charge in [-0.25, -0.2) is 0 Å². The third kappa shape index (κ3) is 2.76. The van der Waals surface area contributed by atoms with Crippen molar-refractivity contribution >= 4 is 0 Å². The Morgan fingerprint density at radius 1 is 1.12 bits per heavy atom. The van der Waals surface area contributed by atoms with Crippen LogP contribution in [0.15, 0.2) is 0 Å². The molecule has 0 radical (unpaired) electrons. The van der Waals surface area contributed by atoms with E-state index in [1.165, 1.54) is 25.7 Å². The predicted molar refractivity (Wildman–Crippen MR) is 64.3 cm³/mol. The molecule has 4 unspecified atom stereocenters. The first-order valence-corrected chi connectivity index (χ1v) is 6.70. The summed E-state index contributed by atoms with van der Waals surface area (Å²) in [6.07, 6.45) is 4.97. The summed E-state index contributed by atoms with van der Waals surface area (Å²) in [7, 11) is 0. The zero-order chi connectivity index (χ0) is 11.5. The minimum Gasteiger partial charge on any atom is -0.389 e. The van der Waals surface area contributed by atoms with E-state index < -0.39 is 0 Å². The largest absolute Gasteiger partial charge is 0.389 e. The number of ether oxygens (including phenoxy) is 1. The molecular formula is C13H25NO2. The van der Waals surface area contributed by atoms with Crippen molar-refractivity contribution in [1.29, 1.82) is 0 Å². The molecular weight excluding hydrogens is 202 g/mol. The fourth-order valence-electron chi connectivity index (χ4n) is 3.14. The van der Waals surface area contributed by atoms with Gasteiger partial charge in [-0.1, -0.05) is 26.7 Å². The fraction of sp³-hybridized carbons (Fsp3) is 1.00. The smallest absolute Gasteiger partial charge is 0.0948 e. The van der Waals surface area contributed by atoms with Gasteiger partial charge in [-0.15, -0.1) is 0 Å². The Balaban J connectivity index is 1.90. The van der Waals surface area contributed by atoms with E-state index in [0.717, 1.165) is 11.8 Å². The van der Waals surface area contributed by atoms with Crippen LogP contribution in [-0.4, -0.2) is 36.5 Å². The van der Waals surface area contributed by atoms with E-state index in [9.17, 15) is 5.11 Å². The highest BCUT2D eigenvalue weighted by atomic mass is 16.5. The van der Waals surface area contributed by atoms with Crippen molar-refractivity contribution in [2.75, 3.05) is 13.2 Å². The summed E-state index contributed by atoms with van der Waals surface area (Å²) in [5.74, 6) is 1.50. The standard InChI is InChI=1S/C13H25NO2/c1-9(2)10-5-3-4-6-11(10)14-12-7-16-8-13(12)15/h9-15H,3-8H2,1-2H3. The van der Waals surface area contributed by atoms with E-state index in [1.807, 2.05) is 0 Å². The third-order valence-electron chi connectivity index (χ3n) is 4.15. The van der Waals surface area contributed by atoms with Crippen molar-refractivity contribution in [3.05, 3.63) is 0 Å². The minimum absolute atomic E-state index is 0.157. The van der Waals surface area contributed by atoms with Crippen LogP contribution in [0.3, 0.4) is 0 Å². The van der Waals surface area contributed by atoms with Crippen molar-refractivity contribution in [3.8, 4) is 0 Å². The van der Waals surface area contributed by atoms with Crippen LogP contribution in [0.4, 0.5) is 0 Å². The van der Waals surface area contributed by atoms with Crippen molar-refractivity contribution in [2.45, 2.75) is 57.7 Å². The van der Waals surface area contributed by atoms with Gasteiger partial charge in [-0.2, -0.15) is 0 Å². The molecule has 0 aromatic carbocycles. The normalized spacial score (nSPS) is 40.5. The molecule has 1 saturated carbocycles. The maximum atomic E-state index is 9.76. The molecule has 1 saturated heterocycles. The summed E-state index contributed by atoms with van der Waals surface area (Å²) in [4.78, 5) is 0. The van der Waals surface area contributed by atoms with Crippen LogP contribution >= 0.6 is 0 Å². The average Bonchev–Trinajstić information content (AvgIpc) is 2.65. The molecule has 1 heterocycles. The molecule has 2 aliphatic rings. The zero-order valence-corrected chi connectivity index (χ0v) is 10.5. The van der Waals surface area contributed by atoms with Crippen molar-refractivity contribution < 1.29 is 9.84 Å². The molecule has 0 bridgehead atoms. The summed E-state index contributed by atoms with van der Waals surface area (Å²) >= 11 is 0. The first-order chi connectivity index (χ1) is 7.68. The molecule has 16 heavy (non-hydrogen) atoms. The summed E-state index contributed by atoms with van der Waals surface area (Å²) in [6, 6.07) is 0.736. The molecule has 3 nitrogen and oxygen atoms in total. The molecule has 4 atom stereocenters. The van der Waals surface area contributed by atoms with Crippen molar-refractivity contribution in [2.24, 2.45) is 11.8 Å². The van der Waals surface area contributed by atoms with Crippen LogP contribution in [0, 0.1) is 11.8 Å². The molecule has 2 rings (SSSR count). The van der Waals surface area contributed by atoms with Crippen LogP contribution in [0.2, 0.25) is 0 Å².